The molecule has 0 spiro atoms. The van der Waals surface area contributed by atoms with Crippen molar-refractivity contribution >= 4 is 5.69 Å². The Morgan fingerprint density at radius 3 is 2.61 bits per heavy atom. The summed E-state index contributed by atoms with van der Waals surface area (Å²) in [6.45, 7) is 0. The first kappa shape index (κ1) is 12.7. The van der Waals surface area contributed by atoms with Gasteiger partial charge in [-0.25, -0.2) is 8.78 Å². The van der Waals surface area contributed by atoms with Gasteiger partial charge in [0, 0.05) is 18.9 Å². The van der Waals surface area contributed by atoms with Gasteiger partial charge in [0.25, 0.3) is 5.69 Å². The number of benzene rings is 1. The smallest absolute Gasteiger partial charge is 0.273 e. The molecule has 98 valence electrons. The molecule has 0 unspecified atom stereocenters. The topological polar surface area (TPSA) is 52.4 Å². The second-order valence-electron chi connectivity index (χ2n) is 4.43. The number of nitro groups is 1. The molecule has 1 aliphatic carbocycles. The van der Waals surface area contributed by atoms with E-state index in [1.165, 1.54) is 18.2 Å². The second-order valence-corrected chi connectivity index (χ2v) is 4.43. The highest BCUT2D eigenvalue weighted by atomic mass is 19.3. The molecule has 0 aromatic heterocycles. The van der Waals surface area contributed by atoms with E-state index in [1.54, 1.807) is 6.07 Å². The first-order valence-corrected chi connectivity index (χ1v) is 5.75. The van der Waals surface area contributed by atoms with Crippen molar-refractivity contribution in [1.29, 1.82) is 0 Å². The van der Waals surface area contributed by atoms with E-state index in [0.29, 0.717) is 5.75 Å². The standard InChI is InChI=1S/C12H13F2NO3/c13-12(14)6-4-10(5-7-12)18-11-3-1-2-9(8-11)15(16)17/h1-3,8,10H,4-7H2. The van der Waals surface area contributed by atoms with E-state index < -0.39 is 10.8 Å². The number of halogens is 2. The predicted molar refractivity (Wildman–Crippen MR) is 60.9 cm³/mol. The minimum atomic E-state index is -2.59. The van der Waals surface area contributed by atoms with Crippen LogP contribution < -0.4 is 4.74 Å². The van der Waals surface area contributed by atoms with Gasteiger partial charge in [0.15, 0.2) is 0 Å². The Balaban J connectivity index is 1.98. The minimum Gasteiger partial charge on any atom is -0.490 e. The molecule has 0 bridgehead atoms. The van der Waals surface area contributed by atoms with E-state index in [1.807, 2.05) is 0 Å². The highest BCUT2D eigenvalue weighted by molar-refractivity contribution is 5.38. The molecule has 2 rings (SSSR count). The molecule has 0 amide bonds. The van der Waals surface area contributed by atoms with Gasteiger partial charge < -0.3 is 4.74 Å². The third-order valence-corrected chi connectivity index (χ3v) is 3.00. The lowest BCUT2D eigenvalue weighted by Gasteiger charge is -2.28. The molecule has 0 heterocycles. The molecule has 1 aromatic rings. The van der Waals surface area contributed by atoms with Crippen molar-refractivity contribution in [1.82, 2.24) is 0 Å². The van der Waals surface area contributed by atoms with Crippen LogP contribution in [0.1, 0.15) is 25.7 Å². The zero-order valence-corrected chi connectivity index (χ0v) is 9.64. The summed E-state index contributed by atoms with van der Waals surface area (Å²) in [5.41, 5.74) is -0.0614. The molecule has 0 saturated heterocycles. The van der Waals surface area contributed by atoms with Gasteiger partial charge in [0.1, 0.15) is 5.75 Å². The maximum atomic E-state index is 12.9. The molecule has 1 aromatic carbocycles. The summed E-state index contributed by atoms with van der Waals surface area (Å²) in [6.07, 6.45) is -0.114. The number of nitrogens with zero attached hydrogens (tertiary/aromatic N) is 1. The number of non-ortho nitro benzene ring substituents is 1. The molecular weight excluding hydrogens is 244 g/mol. The average molecular weight is 257 g/mol. The molecule has 0 radical (unpaired) electrons. The summed E-state index contributed by atoms with van der Waals surface area (Å²) in [5.74, 6) is -2.23. The van der Waals surface area contributed by atoms with E-state index in [9.17, 15) is 18.9 Å². The van der Waals surface area contributed by atoms with Crippen molar-refractivity contribution in [3.63, 3.8) is 0 Å². The number of alkyl halides is 2. The Morgan fingerprint density at radius 2 is 2.00 bits per heavy atom. The van der Waals surface area contributed by atoms with Crippen molar-refractivity contribution in [2.45, 2.75) is 37.7 Å². The van der Waals surface area contributed by atoms with Gasteiger partial charge in [0.05, 0.1) is 17.1 Å². The van der Waals surface area contributed by atoms with Gasteiger partial charge >= 0.3 is 0 Å². The first-order chi connectivity index (χ1) is 8.46. The van der Waals surface area contributed by atoms with Crippen LogP contribution in [0.3, 0.4) is 0 Å². The van der Waals surface area contributed by atoms with E-state index in [2.05, 4.69) is 0 Å². The summed E-state index contributed by atoms with van der Waals surface area (Å²) < 4.78 is 31.4. The number of rotatable bonds is 3. The lowest BCUT2D eigenvalue weighted by Crippen LogP contribution is -2.30. The Labute approximate surface area is 103 Å². The zero-order chi connectivity index (χ0) is 13.2. The van der Waals surface area contributed by atoms with E-state index in [0.717, 1.165) is 0 Å². The lowest BCUT2D eigenvalue weighted by molar-refractivity contribution is -0.385. The van der Waals surface area contributed by atoms with Gasteiger partial charge in [-0.3, -0.25) is 10.1 Å². The predicted octanol–water partition coefficient (Wildman–Crippen LogP) is 3.55. The van der Waals surface area contributed by atoms with Crippen LogP contribution in [0.4, 0.5) is 14.5 Å². The molecule has 0 atom stereocenters. The molecule has 1 saturated carbocycles. The minimum absolute atomic E-state index is 0.0614. The quantitative estimate of drug-likeness (QED) is 0.614. The van der Waals surface area contributed by atoms with Gasteiger partial charge in [-0.05, 0) is 18.9 Å². The third kappa shape index (κ3) is 3.15. The normalized spacial score (nSPS) is 19.4. The van der Waals surface area contributed by atoms with Crippen LogP contribution in [0.25, 0.3) is 0 Å². The van der Waals surface area contributed by atoms with Crippen molar-refractivity contribution in [2.24, 2.45) is 0 Å². The maximum Gasteiger partial charge on any atom is 0.273 e. The Kier molecular flexibility index (Phi) is 3.45. The van der Waals surface area contributed by atoms with E-state index in [4.69, 9.17) is 4.74 Å². The molecule has 1 aliphatic rings. The third-order valence-electron chi connectivity index (χ3n) is 3.00. The van der Waals surface area contributed by atoms with Crippen molar-refractivity contribution < 1.29 is 18.4 Å². The zero-order valence-electron chi connectivity index (χ0n) is 9.64. The maximum absolute atomic E-state index is 12.9. The highest BCUT2D eigenvalue weighted by Gasteiger charge is 2.35. The monoisotopic (exact) mass is 257 g/mol. The van der Waals surface area contributed by atoms with E-state index in [-0.39, 0.29) is 37.5 Å². The number of hydrogen-bond acceptors (Lipinski definition) is 3. The molecule has 0 N–H and O–H groups in total. The molecule has 18 heavy (non-hydrogen) atoms. The van der Waals surface area contributed by atoms with Crippen molar-refractivity contribution in [3.8, 4) is 5.75 Å². The highest BCUT2D eigenvalue weighted by Crippen LogP contribution is 2.35. The van der Waals surface area contributed by atoms with Crippen LogP contribution in [-0.4, -0.2) is 16.9 Å². The van der Waals surface area contributed by atoms with Crippen LogP contribution in [0.15, 0.2) is 24.3 Å². The fourth-order valence-corrected chi connectivity index (χ4v) is 1.99. The molecule has 1 fully saturated rings. The Morgan fingerprint density at radius 1 is 1.33 bits per heavy atom. The second kappa shape index (κ2) is 4.88. The van der Waals surface area contributed by atoms with E-state index >= 15 is 0 Å². The molecule has 0 aliphatic heterocycles. The number of ether oxygens (including phenoxy) is 1. The van der Waals surface area contributed by atoms with Gasteiger partial charge in [-0.1, -0.05) is 6.07 Å². The summed E-state index contributed by atoms with van der Waals surface area (Å²) in [6, 6.07) is 5.79. The fourth-order valence-electron chi connectivity index (χ4n) is 1.99. The first-order valence-electron chi connectivity index (χ1n) is 5.75. The summed E-state index contributed by atoms with van der Waals surface area (Å²) in [7, 11) is 0. The van der Waals surface area contributed by atoms with Crippen molar-refractivity contribution in [2.75, 3.05) is 0 Å². The summed E-state index contributed by atoms with van der Waals surface area (Å²) >= 11 is 0. The van der Waals surface area contributed by atoms with Crippen LogP contribution in [0.5, 0.6) is 5.75 Å². The van der Waals surface area contributed by atoms with Crippen LogP contribution in [0, 0.1) is 10.1 Å². The van der Waals surface area contributed by atoms with Crippen LogP contribution >= 0.6 is 0 Å². The largest absolute Gasteiger partial charge is 0.490 e. The molecule has 4 nitrogen and oxygen atoms in total. The average Bonchev–Trinajstić information content (AvgIpc) is 2.32. The summed E-state index contributed by atoms with van der Waals surface area (Å²) in [5, 5.41) is 10.6. The lowest BCUT2D eigenvalue weighted by atomic mass is 9.94. The SMILES string of the molecule is O=[N+]([O-])c1cccc(OC2CCC(F)(F)CC2)c1. The number of nitro benzene ring substituents is 1. The summed E-state index contributed by atoms with van der Waals surface area (Å²) in [4.78, 5) is 10.1. The molecule has 6 heteroatoms. The van der Waals surface area contributed by atoms with Gasteiger partial charge in [-0.15, -0.1) is 0 Å². The van der Waals surface area contributed by atoms with Gasteiger partial charge in [0.2, 0.25) is 5.92 Å². The Hall–Kier alpha value is -1.72. The Bertz CT molecular complexity index is 441. The van der Waals surface area contributed by atoms with Crippen LogP contribution in [0.2, 0.25) is 0 Å². The van der Waals surface area contributed by atoms with Crippen LogP contribution in [-0.2, 0) is 0 Å². The fraction of sp³-hybridized carbons (Fsp3) is 0.500. The number of hydrogen-bond donors (Lipinski definition) is 0. The van der Waals surface area contributed by atoms with Gasteiger partial charge in [-0.2, -0.15) is 0 Å². The molecular formula is C12H13F2NO3. The van der Waals surface area contributed by atoms with Crippen molar-refractivity contribution in [3.05, 3.63) is 34.4 Å².